The first-order valence-electron chi connectivity index (χ1n) is 7.82. The third kappa shape index (κ3) is 3.90. The molecular weight excluding hydrogens is 353 g/mol. The fourth-order valence-electron chi connectivity index (χ4n) is 2.85. The predicted molar refractivity (Wildman–Crippen MR) is 91.0 cm³/mol. The van der Waals surface area contributed by atoms with Crippen LogP contribution in [0.15, 0.2) is 48.5 Å². The molecule has 2 aromatic rings. The van der Waals surface area contributed by atoms with E-state index in [0.29, 0.717) is 37.4 Å². The van der Waals surface area contributed by atoms with Crippen molar-refractivity contribution in [3.05, 3.63) is 64.7 Å². The highest BCUT2D eigenvalue weighted by atomic mass is 35.5. The number of nitrogens with zero attached hydrogens (tertiary/aromatic N) is 2. The number of benzene rings is 2. The minimum absolute atomic E-state index is 0.0737. The van der Waals surface area contributed by atoms with E-state index >= 15 is 0 Å². The van der Waals surface area contributed by atoms with E-state index in [9.17, 15) is 18.0 Å². The van der Waals surface area contributed by atoms with Crippen molar-refractivity contribution < 1.29 is 18.0 Å². The molecule has 132 valence electrons. The number of carbonyl (C=O) groups is 1. The summed E-state index contributed by atoms with van der Waals surface area (Å²) in [7, 11) is 0. The lowest BCUT2D eigenvalue weighted by atomic mass is 10.1. The van der Waals surface area contributed by atoms with Crippen LogP contribution in [-0.2, 0) is 6.18 Å². The predicted octanol–water partition coefficient (Wildman–Crippen LogP) is 4.32. The van der Waals surface area contributed by atoms with Crippen LogP contribution in [0.2, 0.25) is 5.02 Å². The second-order valence-corrected chi connectivity index (χ2v) is 6.22. The molecule has 1 fully saturated rings. The van der Waals surface area contributed by atoms with Gasteiger partial charge in [-0.2, -0.15) is 13.2 Å². The zero-order valence-corrected chi connectivity index (χ0v) is 14.0. The van der Waals surface area contributed by atoms with Gasteiger partial charge >= 0.3 is 6.18 Å². The molecule has 25 heavy (non-hydrogen) atoms. The first-order chi connectivity index (χ1) is 11.9. The Bertz CT molecular complexity index is 757. The van der Waals surface area contributed by atoms with Gasteiger partial charge in [-0.25, -0.2) is 0 Å². The molecule has 0 aromatic heterocycles. The summed E-state index contributed by atoms with van der Waals surface area (Å²) >= 11 is 6.08. The summed E-state index contributed by atoms with van der Waals surface area (Å²) in [4.78, 5) is 15.9. The Morgan fingerprint density at radius 3 is 2.20 bits per heavy atom. The quantitative estimate of drug-likeness (QED) is 0.788. The normalized spacial score (nSPS) is 15.4. The molecule has 2 aromatic carbocycles. The number of piperazine rings is 1. The highest BCUT2D eigenvalue weighted by molar-refractivity contribution is 6.33. The topological polar surface area (TPSA) is 23.6 Å². The number of carbonyl (C=O) groups excluding carboxylic acids is 1. The zero-order chi connectivity index (χ0) is 18.0. The fraction of sp³-hybridized carbons (Fsp3) is 0.278. The molecule has 0 aliphatic carbocycles. The molecule has 0 N–H and O–H groups in total. The van der Waals surface area contributed by atoms with Crippen LogP contribution >= 0.6 is 11.6 Å². The molecule has 0 radical (unpaired) electrons. The van der Waals surface area contributed by atoms with Gasteiger partial charge in [-0.15, -0.1) is 0 Å². The van der Waals surface area contributed by atoms with Gasteiger partial charge < -0.3 is 9.80 Å². The molecule has 1 aliphatic heterocycles. The lowest BCUT2D eigenvalue weighted by Gasteiger charge is -2.36. The van der Waals surface area contributed by atoms with Crippen molar-refractivity contribution in [2.24, 2.45) is 0 Å². The Labute approximate surface area is 148 Å². The summed E-state index contributed by atoms with van der Waals surface area (Å²) < 4.78 is 38.7. The van der Waals surface area contributed by atoms with Crippen molar-refractivity contribution in [2.75, 3.05) is 31.1 Å². The van der Waals surface area contributed by atoms with E-state index in [2.05, 4.69) is 0 Å². The van der Waals surface area contributed by atoms with Crippen molar-refractivity contribution >= 4 is 23.2 Å². The van der Waals surface area contributed by atoms with E-state index in [1.165, 1.54) is 6.07 Å². The second-order valence-electron chi connectivity index (χ2n) is 5.81. The Morgan fingerprint density at radius 2 is 1.60 bits per heavy atom. The van der Waals surface area contributed by atoms with Gasteiger partial charge in [-0.3, -0.25) is 4.79 Å². The maximum atomic E-state index is 12.9. The largest absolute Gasteiger partial charge is 0.416 e. The molecule has 0 bridgehead atoms. The van der Waals surface area contributed by atoms with Gasteiger partial charge in [0.05, 0.1) is 16.3 Å². The van der Waals surface area contributed by atoms with Crippen LogP contribution in [0.3, 0.4) is 0 Å². The molecule has 1 heterocycles. The van der Waals surface area contributed by atoms with E-state index in [1.54, 1.807) is 34.1 Å². The number of halogens is 4. The van der Waals surface area contributed by atoms with E-state index in [4.69, 9.17) is 11.6 Å². The van der Waals surface area contributed by atoms with E-state index < -0.39 is 11.7 Å². The molecular formula is C18H16ClF3N2O. The molecule has 1 saturated heterocycles. The standard InChI is InChI=1S/C18H16ClF3N2O/c19-15-7-6-14(18(20,21)22)12-16(15)23-8-10-24(11-9-23)17(25)13-4-2-1-3-5-13/h1-7,12H,8-11H2. The minimum atomic E-state index is -4.41. The number of hydrogen-bond donors (Lipinski definition) is 0. The Kier molecular flexibility index (Phi) is 4.90. The Morgan fingerprint density at radius 1 is 0.960 bits per heavy atom. The number of anilines is 1. The summed E-state index contributed by atoms with van der Waals surface area (Å²) in [5.74, 6) is -0.0737. The van der Waals surface area contributed by atoms with Crippen LogP contribution in [0, 0.1) is 0 Å². The number of alkyl halides is 3. The number of rotatable bonds is 2. The van der Waals surface area contributed by atoms with E-state index in [0.717, 1.165) is 12.1 Å². The highest BCUT2D eigenvalue weighted by Crippen LogP contribution is 2.35. The van der Waals surface area contributed by atoms with Crippen molar-refractivity contribution in [3.63, 3.8) is 0 Å². The zero-order valence-electron chi connectivity index (χ0n) is 13.3. The fourth-order valence-corrected chi connectivity index (χ4v) is 3.08. The average molecular weight is 369 g/mol. The lowest BCUT2D eigenvalue weighted by Crippen LogP contribution is -2.48. The molecule has 1 amide bonds. The van der Waals surface area contributed by atoms with Crippen LogP contribution in [0.25, 0.3) is 0 Å². The molecule has 0 atom stereocenters. The molecule has 7 heteroatoms. The van der Waals surface area contributed by atoms with Crippen LogP contribution in [0.4, 0.5) is 18.9 Å². The van der Waals surface area contributed by atoms with Crippen molar-refractivity contribution in [1.82, 2.24) is 4.90 Å². The van der Waals surface area contributed by atoms with E-state index in [-0.39, 0.29) is 10.9 Å². The molecule has 0 saturated carbocycles. The van der Waals surface area contributed by atoms with Crippen molar-refractivity contribution in [3.8, 4) is 0 Å². The average Bonchev–Trinajstić information content (AvgIpc) is 2.61. The Balaban J connectivity index is 1.71. The highest BCUT2D eigenvalue weighted by Gasteiger charge is 2.32. The summed E-state index contributed by atoms with van der Waals surface area (Å²) in [6.45, 7) is 1.72. The van der Waals surface area contributed by atoms with Crippen LogP contribution < -0.4 is 4.90 Å². The third-order valence-electron chi connectivity index (χ3n) is 4.20. The van der Waals surface area contributed by atoms with Gasteiger partial charge in [0.1, 0.15) is 0 Å². The summed E-state index contributed by atoms with van der Waals surface area (Å²) in [6.07, 6.45) is -4.41. The van der Waals surface area contributed by atoms with Crippen molar-refractivity contribution in [2.45, 2.75) is 6.18 Å². The summed E-state index contributed by atoms with van der Waals surface area (Å²) in [5, 5.41) is 0.274. The maximum Gasteiger partial charge on any atom is 0.416 e. The molecule has 3 rings (SSSR count). The van der Waals surface area contributed by atoms with Gasteiger partial charge in [-0.1, -0.05) is 29.8 Å². The first kappa shape index (κ1) is 17.6. The monoisotopic (exact) mass is 368 g/mol. The molecule has 0 unspecified atom stereocenters. The maximum absolute atomic E-state index is 12.9. The van der Waals surface area contributed by atoms with Crippen LogP contribution in [-0.4, -0.2) is 37.0 Å². The molecule has 0 spiro atoms. The van der Waals surface area contributed by atoms with Gasteiger partial charge in [-0.05, 0) is 30.3 Å². The Hall–Kier alpha value is -2.21. The van der Waals surface area contributed by atoms with Gasteiger partial charge in [0.15, 0.2) is 0 Å². The lowest BCUT2D eigenvalue weighted by molar-refractivity contribution is -0.137. The van der Waals surface area contributed by atoms with Gasteiger partial charge in [0.2, 0.25) is 0 Å². The van der Waals surface area contributed by atoms with Crippen LogP contribution in [0.1, 0.15) is 15.9 Å². The second kappa shape index (κ2) is 6.96. The van der Waals surface area contributed by atoms with Gasteiger partial charge in [0, 0.05) is 31.7 Å². The number of hydrogen-bond acceptors (Lipinski definition) is 2. The minimum Gasteiger partial charge on any atom is -0.367 e. The van der Waals surface area contributed by atoms with Crippen molar-refractivity contribution in [1.29, 1.82) is 0 Å². The smallest absolute Gasteiger partial charge is 0.367 e. The summed E-state index contributed by atoms with van der Waals surface area (Å²) in [6, 6.07) is 12.2. The van der Waals surface area contributed by atoms with E-state index in [1.807, 2.05) is 6.07 Å². The first-order valence-corrected chi connectivity index (χ1v) is 8.20. The van der Waals surface area contributed by atoms with Crippen LogP contribution in [0.5, 0.6) is 0 Å². The summed E-state index contributed by atoms with van der Waals surface area (Å²) in [5.41, 5.74) is 0.228. The van der Waals surface area contributed by atoms with Gasteiger partial charge in [0.25, 0.3) is 5.91 Å². The number of amides is 1. The third-order valence-corrected chi connectivity index (χ3v) is 4.52. The molecule has 1 aliphatic rings. The SMILES string of the molecule is O=C(c1ccccc1)N1CCN(c2cc(C(F)(F)F)ccc2Cl)CC1. The molecule has 3 nitrogen and oxygen atoms in total.